The van der Waals surface area contributed by atoms with Crippen LogP contribution in [-0.4, -0.2) is 25.3 Å². The van der Waals surface area contributed by atoms with E-state index in [0.717, 1.165) is 11.1 Å². The van der Waals surface area contributed by atoms with E-state index in [1.807, 2.05) is 13.8 Å². The van der Waals surface area contributed by atoms with Crippen LogP contribution in [0.5, 0.6) is 0 Å². The van der Waals surface area contributed by atoms with Crippen molar-refractivity contribution in [3.63, 3.8) is 0 Å². The number of rotatable bonds is 0. The Morgan fingerprint density at radius 2 is 2.17 bits per heavy atom. The molecule has 2 heterocycles. The molecular weight excluding hydrogens is 156 g/mol. The predicted molar refractivity (Wildman–Crippen MR) is 42.0 cm³/mol. The number of hydrogen-bond acceptors (Lipinski definition) is 4. The van der Waals surface area contributed by atoms with Gasteiger partial charge in [0.25, 0.3) is 0 Å². The molecule has 2 aromatic rings. The normalized spacial score (nSPS) is 10.8. The summed E-state index contributed by atoms with van der Waals surface area (Å²) in [4.78, 5) is 4.67. The van der Waals surface area contributed by atoms with Gasteiger partial charge in [0, 0.05) is 6.20 Å². The average Bonchev–Trinajstić information content (AvgIpc) is 2.41. The van der Waals surface area contributed by atoms with Gasteiger partial charge in [-0.2, -0.15) is 0 Å². The molecule has 2 aromatic heterocycles. The van der Waals surface area contributed by atoms with Gasteiger partial charge in [0.1, 0.15) is 5.52 Å². The first-order valence-electron chi connectivity index (χ1n) is 3.57. The van der Waals surface area contributed by atoms with Crippen molar-refractivity contribution >= 4 is 11.2 Å². The van der Waals surface area contributed by atoms with Crippen molar-refractivity contribution in [1.82, 2.24) is 20.1 Å². The van der Waals surface area contributed by atoms with Gasteiger partial charge in [-0.3, -0.25) is 0 Å². The Morgan fingerprint density at radius 1 is 1.42 bits per heavy atom. The Balaban J connectivity index is 2.93. The van der Waals surface area contributed by atoms with Crippen LogP contribution in [0.15, 0.2) is 6.20 Å². The van der Waals surface area contributed by atoms with Crippen molar-refractivity contribution in [2.24, 2.45) is 0 Å². The van der Waals surface area contributed by atoms with Crippen LogP contribution in [0.1, 0.15) is 11.1 Å². The van der Waals surface area contributed by atoms with E-state index in [9.17, 15) is 0 Å². The number of aryl methyl sites for hydroxylation is 2. The van der Waals surface area contributed by atoms with Crippen molar-refractivity contribution in [2.45, 2.75) is 13.8 Å². The third kappa shape index (κ3) is 0.761. The molecule has 0 aromatic carbocycles. The van der Waals surface area contributed by atoms with Gasteiger partial charge >= 0.3 is 0 Å². The summed E-state index contributed by atoms with van der Waals surface area (Å²) in [5.74, 6) is 0. The fourth-order valence-electron chi connectivity index (χ4n) is 1.07. The maximum atomic E-state index is 9.11. The highest BCUT2D eigenvalue weighted by molar-refractivity contribution is 5.74. The Hall–Kier alpha value is -1.65. The number of hydrogen-bond donors (Lipinski definition) is 1. The quantitative estimate of drug-likeness (QED) is 0.581. The lowest BCUT2D eigenvalue weighted by atomic mass is 10.2. The number of fused-ring (bicyclic) bond motifs is 1. The van der Waals surface area contributed by atoms with Gasteiger partial charge in [0.15, 0.2) is 0 Å². The minimum Gasteiger partial charge on any atom is -0.409 e. The zero-order chi connectivity index (χ0) is 8.72. The Morgan fingerprint density at radius 3 is 2.92 bits per heavy atom. The summed E-state index contributed by atoms with van der Waals surface area (Å²) in [6, 6.07) is 0. The Labute approximate surface area is 68.6 Å². The molecule has 0 atom stereocenters. The molecule has 0 aliphatic heterocycles. The van der Waals surface area contributed by atoms with Crippen LogP contribution in [-0.2, 0) is 0 Å². The Bertz CT molecular complexity index is 434. The Kier molecular flexibility index (Phi) is 1.27. The zero-order valence-corrected chi connectivity index (χ0v) is 6.81. The summed E-state index contributed by atoms with van der Waals surface area (Å²) in [5, 5.41) is 16.3. The minimum absolute atomic E-state index is 0.401. The number of pyridine rings is 1. The maximum Gasteiger partial charge on any atom is 0.219 e. The second-order valence-electron chi connectivity index (χ2n) is 2.72. The molecule has 0 saturated carbocycles. The van der Waals surface area contributed by atoms with Gasteiger partial charge in [-0.25, -0.2) is 4.98 Å². The molecule has 0 bridgehead atoms. The van der Waals surface area contributed by atoms with E-state index in [0.29, 0.717) is 16.0 Å². The molecule has 0 aliphatic rings. The van der Waals surface area contributed by atoms with Gasteiger partial charge in [-0.1, -0.05) is 4.85 Å². The lowest BCUT2D eigenvalue weighted by molar-refractivity contribution is 0.153. The smallest absolute Gasteiger partial charge is 0.219 e. The molecule has 12 heavy (non-hydrogen) atoms. The highest BCUT2D eigenvalue weighted by atomic mass is 16.5. The van der Waals surface area contributed by atoms with Gasteiger partial charge in [-0.15, -0.1) is 5.10 Å². The van der Waals surface area contributed by atoms with Gasteiger partial charge in [0.2, 0.25) is 5.65 Å². The topological polar surface area (TPSA) is 63.8 Å². The molecule has 5 heteroatoms. The minimum atomic E-state index is 0.401. The summed E-state index contributed by atoms with van der Waals surface area (Å²) in [6.07, 6.45) is 1.69. The maximum absolute atomic E-state index is 9.11. The molecule has 5 nitrogen and oxygen atoms in total. The molecule has 0 saturated heterocycles. The largest absolute Gasteiger partial charge is 0.409 e. The highest BCUT2D eigenvalue weighted by Gasteiger charge is 2.08. The second kappa shape index (κ2) is 2.17. The van der Waals surface area contributed by atoms with Crippen molar-refractivity contribution in [2.75, 3.05) is 0 Å². The highest BCUT2D eigenvalue weighted by Crippen LogP contribution is 2.14. The van der Waals surface area contributed by atoms with Gasteiger partial charge in [-0.05, 0) is 30.2 Å². The number of nitrogens with zero attached hydrogens (tertiary/aromatic N) is 4. The fraction of sp³-hybridized carbons (Fsp3) is 0.286. The SMILES string of the molecule is Cc1cnc2c(nnn2O)c1C. The molecule has 0 radical (unpaired) electrons. The van der Waals surface area contributed by atoms with E-state index in [1.165, 1.54) is 0 Å². The van der Waals surface area contributed by atoms with Crippen molar-refractivity contribution < 1.29 is 5.21 Å². The van der Waals surface area contributed by atoms with Crippen LogP contribution >= 0.6 is 0 Å². The number of aromatic nitrogens is 4. The van der Waals surface area contributed by atoms with Crippen LogP contribution in [0.25, 0.3) is 11.2 Å². The van der Waals surface area contributed by atoms with Crippen LogP contribution in [0.4, 0.5) is 0 Å². The molecule has 2 rings (SSSR count). The summed E-state index contributed by atoms with van der Waals surface area (Å²) in [6.45, 7) is 3.87. The molecule has 0 aliphatic carbocycles. The molecule has 0 fully saturated rings. The molecule has 0 spiro atoms. The first-order chi connectivity index (χ1) is 5.70. The summed E-state index contributed by atoms with van der Waals surface area (Å²) in [7, 11) is 0. The molecule has 0 unspecified atom stereocenters. The zero-order valence-electron chi connectivity index (χ0n) is 6.81. The second-order valence-corrected chi connectivity index (χ2v) is 2.72. The first kappa shape index (κ1) is 7.02. The summed E-state index contributed by atoms with van der Waals surface area (Å²) in [5.41, 5.74) is 3.10. The first-order valence-corrected chi connectivity index (χ1v) is 3.57. The third-order valence-electron chi connectivity index (χ3n) is 1.96. The van der Waals surface area contributed by atoms with E-state index in [2.05, 4.69) is 15.3 Å². The van der Waals surface area contributed by atoms with Crippen LogP contribution in [0.3, 0.4) is 0 Å². The van der Waals surface area contributed by atoms with Gasteiger partial charge in [0.05, 0.1) is 0 Å². The molecule has 62 valence electrons. The van der Waals surface area contributed by atoms with E-state index < -0.39 is 0 Å². The lowest BCUT2D eigenvalue weighted by Crippen LogP contribution is -1.94. The fourth-order valence-corrected chi connectivity index (χ4v) is 1.07. The van der Waals surface area contributed by atoms with E-state index >= 15 is 0 Å². The van der Waals surface area contributed by atoms with Crippen molar-refractivity contribution in [3.05, 3.63) is 17.3 Å². The molecule has 0 amide bonds. The average molecular weight is 164 g/mol. The van der Waals surface area contributed by atoms with Crippen LogP contribution in [0, 0.1) is 13.8 Å². The van der Waals surface area contributed by atoms with Gasteiger partial charge < -0.3 is 5.21 Å². The summed E-state index contributed by atoms with van der Waals surface area (Å²) >= 11 is 0. The van der Waals surface area contributed by atoms with Crippen molar-refractivity contribution in [3.8, 4) is 0 Å². The van der Waals surface area contributed by atoms with E-state index in [4.69, 9.17) is 5.21 Å². The van der Waals surface area contributed by atoms with E-state index in [-0.39, 0.29) is 0 Å². The van der Waals surface area contributed by atoms with Crippen LogP contribution < -0.4 is 0 Å². The third-order valence-corrected chi connectivity index (χ3v) is 1.96. The standard InChI is InChI=1S/C7H8N4O/c1-4-3-8-7-6(5(4)2)9-10-11(7)12/h3,12H,1-2H3. The molecule has 1 N–H and O–H groups in total. The lowest BCUT2D eigenvalue weighted by Gasteiger charge is -1.97. The van der Waals surface area contributed by atoms with Crippen LogP contribution in [0.2, 0.25) is 0 Å². The monoisotopic (exact) mass is 164 g/mol. The molecular formula is C7H8N4O. The predicted octanol–water partition coefficient (Wildman–Crippen LogP) is 0.680. The van der Waals surface area contributed by atoms with E-state index in [1.54, 1.807) is 6.20 Å². The van der Waals surface area contributed by atoms with Crippen molar-refractivity contribution in [1.29, 1.82) is 0 Å². The summed E-state index contributed by atoms with van der Waals surface area (Å²) < 4.78 is 0.